The van der Waals surface area contributed by atoms with E-state index in [4.69, 9.17) is 16.3 Å². The fourth-order valence-electron chi connectivity index (χ4n) is 4.56. The predicted octanol–water partition coefficient (Wildman–Crippen LogP) is 3.56. The molecule has 4 rings (SSSR count). The lowest BCUT2D eigenvalue weighted by atomic mass is 9.98. The highest BCUT2D eigenvalue weighted by atomic mass is 35.5. The molecule has 0 unspecified atom stereocenters. The number of carbonyl (C=O) groups is 1. The van der Waals surface area contributed by atoms with Crippen LogP contribution in [-0.4, -0.2) is 64.6 Å². The number of nitrogens with one attached hydrogen (secondary N) is 1. The molecule has 0 spiro atoms. The summed E-state index contributed by atoms with van der Waals surface area (Å²) in [6.45, 7) is 1.26. The molecule has 1 amide bonds. The minimum atomic E-state index is -3.78. The molecule has 2 aromatic carbocycles. The zero-order chi connectivity index (χ0) is 25.9. The number of piperidine rings is 2. The molecule has 2 aliphatic heterocycles. The maximum absolute atomic E-state index is 13.2. The summed E-state index contributed by atoms with van der Waals surface area (Å²) in [7, 11) is -6.05. The molecule has 36 heavy (non-hydrogen) atoms. The van der Waals surface area contributed by atoms with Gasteiger partial charge in [-0.25, -0.2) is 16.8 Å². The van der Waals surface area contributed by atoms with Crippen LogP contribution >= 0.6 is 11.6 Å². The molecule has 2 saturated heterocycles. The number of ether oxygens (including phenoxy) is 1. The van der Waals surface area contributed by atoms with Crippen LogP contribution < -0.4 is 10.1 Å². The Morgan fingerprint density at radius 2 is 1.50 bits per heavy atom. The SMILES string of the molecule is COc1ccc(S(=O)(=O)N2CCCCC2)cc1NC(=O)[C@@H]1CCCN(S(=O)(=O)c2ccc(Cl)cc2)C1. The first-order valence-corrected chi connectivity index (χ1v) is 15.1. The summed E-state index contributed by atoms with van der Waals surface area (Å²) in [6.07, 6.45) is 3.66. The second-order valence-corrected chi connectivity index (χ2v) is 13.3. The summed E-state index contributed by atoms with van der Waals surface area (Å²) in [5.41, 5.74) is 0.235. The Balaban J connectivity index is 1.52. The highest BCUT2D eigenvalue weighted by molar-refractivity contribution is 7.89. The van der Waals surface area contributed by atoms with Crippen molar-refractivity contribution in [3.8, 4) is 5.75 Å². The molecule has 1 N–H and O–H groups in total. The van der Waals surface area contributed by atoms with Crippen LogP contribution in [0.1, 0.15) is 32.1 Å². The van der Waals surface area contributed by atoms with Crippen molar-refractivity contribution >= 4 is 43.2 Å². The second-order valence-electron chi connectivity index (χ2n) is 8.97. The molecule has 12 heteroatoms. The highest BCUT2D eigenvalue weighted by Crippen LogP contribution is 2.32. The maximum atomic E-state index is 13.2. The van der Waals surface area contributed by atoms with E-state index in [2.05, 4.69) is 5.32 Å². The number of hydrogen-bond donors (Lipinski definition) is 1. The number of sulfonamides is 2. The van der Waals surface area contributed by atoms with E-state index in [1.54, 1.807) is 0 Å². The zero-order valence-electron chi connectivity index (χ0n) is 20.0. The first-order chi connectivity index (χ1) is 17.1. The van der Waals surface area contributed by atoms with Crippen LogP contribution in [0, 0.1) is 5.92 Å². The van der Waals surface area contributed by atoms with Crippen LogP contribution in [-0.2, 0) is 24.8 Å². The van der Waals surface area contributed by atoms with Crippen molar-refractivity contribution in [1.82, 2.24) is 8.61 Å². The molecule has 2 aliphatic rings. The van der Waals surface area contributed by atoms with Gasteiger partial charge < -0.3 is 10.1 Å². The molecular formula is C24H30ClN3O6S2. The minimum Gasteiger partial charge on any atom is -0.495 e. The minimum absolute atomic E-state index is 0.0187. The van der Waals surface area contributed by atoms with Crippen molar-refractivity contribution in [2.75, 3.05) is 38.6 Å². The summed E-state index contributed by atoms with van der Waals surface area (Å²) in [6, 6.07) is 10.3. The molecule has 2 aromatic rings. The van der Waals surface area contributed by atoms with E-state index in [1.165, 1.54) is 58.2 Å². The number of rotatable bonds is 7. The summed E-state index contributed by atoms with van der Waals surface area (Å²) in [4.78, 5) is 13.4. The molecule has 0 aromatic heterocycles. The van der Waals surface area contributed by atoms with Crippen LogP contribution in [0.15, 0.2) is 52.3 Å². The lowest BCUT2D eigenvalue weighted by Gasteiger charge is -2.31. The van der Waals surface area contributed by atoms with Gasteiger partial charge in [-0.15, -0.1) is 0 Å². The Bertz CT molecular complexity index is 1310. The van der Waals surface area contributed by atoms with E-state index in [1.807, 2.05) is 0 Å². The number of carbonyl (C=O) groups excluding carboxylic acids is 1. The van der Waals surface area contributed by atoms with E-state index in [0.717, 1.165) is 19.3 Å². The molecule has 9 nitrogen and oxygen atoms in total. The molecular weight excluding hydrogens is 526 g/mol. The highest BCUT2D eigenvalue weighted by Gasteiger charge is 2.34. The molecule has 2 fully saturated rings. The lowest BCUT2D eigenvalue weighted by molar-refractivity contribution is -0.120. The Kier molecular flexibility index (Phi) is 8.25. The van der Waals surface area contributed by atoms with Crippen LogP contribution in [0.5, 0.6) is 5.75 Å². The topological polar surface area (TPSA) is 113 Å². The van der Waals surface area contributed by atoms with Crippen LogP contribution in [0.25, 0.3) is 0 Å². The molecule has 0 radical (unpaired) electrons. The average Bonchev–Trinajstić information content (AvgIpc) is 2.89. The van der Waals surface area contributed by atoms with Crippen molar-refractivity contribution in [3.05, 3.63) is 47.5 Å². The Labute approximate surface area is 217 Å². The molecule has 0 bridgehead atoms. The number of anilines is 1. The van der Waals surface area contributed by atoms with E-state index in [9.17, 15) is 21.6 Å². The van der Waals surface area contributed by atoms with Crippen molar-refractivity contribution in [2.45, 2.75) is 41.9 Å². The third kappa shape index (κ3) is 5.70. The normalized spacial score (nSPS) is 20.1. The van der Waals surface area contributed by atoms with Gasteiger partial charge in [0.1, 0.15) is 5.75 Å². The fourth-order valence-corrected chi connectivity index (χ4v) is 7.76. The first-order valence-electron chi connectivity index (χ1n) is 11.9. The standard InChI is InChI=1S/C24H30ClN3O6S2/c1-34-23-12-11-21(36(32,33)27-13-3-2-4-14-27)16-22(23)26-24(29)18-6-5-15-28(17-18)35(30,31)20-9-7-19(25)8-10-20/h7-12,16,18H,2-6,13-15,17H2,1H3,(H,26,29)/t18-/m1/s1. The van der Waals surface area contributed by atoms with Gasteiger partial charge in [-0.1, -0.05) is 18.0 Å². The monoisotopic (exact) mass is 555 g/mol. The molecule has 0 aliphatic carbocycles. The van der Waals surface area contributed by atoms with Crippen LogP contribution in [0.2, 0.25) is 5.02 Å². The molecule has 0 saturated carbocycles. The van der Waals surface area contributed by atoms with Gasteiger partial charge in [0.05, 0.1) is 28.5 Å². The van der Waals surface area contributed by atoms with Crippen LogP contribution in [0.4, 0.5) is 5.69 Å². The van der Waals surface area contributed by atoms with Gasteiger partial charge in [0.2, 0.25) is 26.0 Å². The Hall–Kier alpha value is -2.18. The number of halogens is 1. The van der Waals surface area contributed by atoms with E-state index < -0.39 is 31.9 Å². The molecule has 1 atom stereocenters. The van der Waals surface area contributed by atoms with E-state index in [-0.39, 0.29) is 22.0 Å². The number of amides is 1. The van der Waals surface area contributed by atoms with Crippen molar-refractivity contribution in [2.24, 2.45) is 5.92 Å². The smallest absolute Gasteiger partial charge is 0.243 e. The third-order valence-electron chi connectivity index (χ3n) is 6.59. The molecule has 196 valence electrons. The summed E-state index contributed by atoms with van der Waals surface area (Å²) < 4.78 is 60.6. The predicted molar refractivity (Wildman–Crippen MR) is 137 cm³/mol. The van der Waals surface area contributed by atoms with E-state index in [0.29, 0.717) is 43.2 Å². The van der Waals surface area contributed by atoms with E-state index >= 15 is 0 Å². The number of benzene rings is 2. The van der Waals surface area contributed by atoms with Gasteiger partial charge in [-0.2, -0.15) is 8.61 Å². The fraction of sp³-hybridized carbons (Fsp3) is 0.458. The maximum Gasteiger partial charge on any atom is 0.243 e. The number of methoxy groups -OCH3 is 1. The largest absolute Gasteiger partial charge is 0.495 e. The quantitative estimate of drug-likeness (QED) is 0.559. The van der Waals surface area contributed by atoms with Gasteiger partial charge in [0.25, 0.3) is 0 Å². The summed E-state index contributed by atoms with van der Waals surface area (Å²) in [5, 5.41) is 3.21. The first kappa shape index (κ1) is 26.9. The summed E-state index contributed by atoms with van der Waals surface area (Å²) >= 11 is 5.89. The van der Waals surface area contributed by atoms with Gasteiger partial charge in [-0.3, -0.25) is 4.79 Å². The van der Waals surface area contributed by atoms with Gasteiger partial charge in [0.15, 0.2) is 0 Å². The molecule has 2 heterocycles. The number of hydrogen-bond acceptors (Lipinski definition) is 6. The second kappa shape index (κ2) is 11.1. The summed E-state index contributed by atoms with van der Waals surface area (Å²) in [5.74, 6) is -0.674. The van der Waals surface area contributed by atoms with Crippen molar-refractivity contribution < 1.29 is 26.4 Å². The van der Waals surface area contributed by atoms with Gasteiger partial charge in [0, 0.05) is 31.2 Å². The van der Waals surface area contributed by atoms with Crippen LogP contribution in [0.3, 0.4) is 0 Å². The Morgan fingerprint density at radius 1 is 0.889 bits per heavy atom. The zero-order valence-corrected chi connectivity index (χ0v) is 22.4. The van der Waals surface area contributed by atoms with Crippen molar-refractivity contribution in [1.29, 1.82) is 0 Å². The lowest BCUT2D eigenvalue weighted by Crippen LogP contribution is -2.43. The van der Waals surface area contributed by atoms with Gasteiger partial charge >= 0.3 is 0 Å². The third-order valence-corrected chi connectivity index (χ3v) is 10.6. The Morgan fingerprint density at radius 3 is 2.17 bits per heavy atom. The van der Waals surface area contributed by atoms with Crippen molar-refractivity contribution in [3.63, 3.8) is 0 Å². The average molecular weight is 556 g/mol. The van der Waals surface area contributed by atoms with Gasteiger partial charge in [-0.05, 0) is 68.1 Å². The number of nitrogens with zero attached hydrogens (tertiary/aromatic N) is 2.